The molecule has 0 aliphatic heterocycles. The minimum absolute atomic E-state index is 0.00384. The van der Waals surface area contributed by atoms with Crippen molar-refractivity contribution >= 4 is 27.5 Å². The summed E-state index contributed by atoms with van der Waals surface area (Å²) in [6.45, 7) is 1.97. The quantitative estimate of drug-likeness (QED) is 0.147. The van der Waals surface area contributed by atoms with E-state index in [0.29, 0.717) is 29.0 Å². The van der Waals surface area contributed by atoms with Gasteiger partial charge in [-0.25, -0.2) is 17.9 Å². The minimum Gasteiger partial charge on any atom is -0.492 e. The number of nitrogen functional groups attached to an aromatic ring is 1. The van der Waals surface area contributed by atoms with E-state index < -0.39 is 22.0 Å². The number of nitrogens with two attached hydrogens (primary N) is 1. The first-order valence-corrected chi connectivity index (χ1v) is 12.4. The number of rotatable bonds is 12. The number of ether oxygens (including phenoxy) is 1. The van der Waals surface area contributed by atoms with Crippen LogP contribution in [-0.2, 0) is 21.2 Å². The molecule has 0 amide bonds. The smallest absolute Gasteiger partial charge is 0.330 e. The second-order valence-corrected chi connectivity index (χ2v) is 9.46. The van der Waals surface area contributed by atoms with Gasteiger partial charge in [0.2, 0.25) is 10.0 Å². The van der Waals surface area contributed by atoms with Gasteiger partial charge in [-0.2, -0.15) is 0 Å². The van der Waals surface area contributed by atoms with Gasteiger partial charge in [-0.05, 0) is 60.5 Å². The maximum Gasteiger partial charge on any atom is 0.330 e. The number of carboxylic acid groups (broad SMARTS) is 1. The lowest BCUT2D eigenvalue weighted by Crippen LogP contribution is -2.28. The molecule has 0 aliphatic rings. The third-order valence-electron chi connectivity index (χ3n) is 5.25. The summed E-state index contributed by atoms with van der Waals surface area (Å²) in [4.78, 5) is 12.3. The van der Waals surface area contributed by atoms with E-state index in [1.54, 1.807) is 54.6 Å². The molecule has 3 aromatic carbocycles. The van der Waals surface area contributed by atoms with E-state index >= 15 is 0 Å². The lowest BCUT2D eigenvalue weighted by molar-refractivity contribution is -0.138. The first kappa shape index (κ1) is 25.7. The molecular formula is C25H28N4O5S. The predicted molar refractivity (Wildman–Crippen MR) is 134 cm³/mol. The first-order valence-electron chi connectivity index (χ1n) is 11.0. The maximum absolute atomic E-state index is 12.4. The van der Waals surface area contributed by atoms with Gasteiger partial charge in [0.25, 0.3) is 0 Å². The summed E-state index contributed by atoms with van der Waals surface area (Å²) >= 11 is 0. The van der Waals surface area contributed by atoms with Gasteiger partial charge < -0.3 is 20.9 Å². The molecule has 0 heterocycles. The molecule has 0 fully saturated rings. The Balaban J connectivity index is 1.76. The highest BCUT2D eigenvalue weighted by atomic mass is 32.2. The molecule has 184 valence electrons. The molecule has 0 aliphatic carbocycles. The number of nitrogens with one attached hydrogen (secondary N) is 3. The highest BCUT2D eigenvalue weighted by molar-refractivity contribution is 7.89. The molecule has 9 nitrogen and oxygen atoms in total. The van der Waals surface area contributed by atoms with Crippen LogP contribution < -0.4 is 20.5 Å². The first-order chi connectivity index (χ1) is 16.7. The average molecular weight is 497 g/mol. The van der Waals surface area contributed by atoms with Gasteiger partial charge in [-0.3, -0.25) is 5.41 Å². The van der Waals surface area contributed by atoms with Crippen LogP contribution in [0.15, 0.2) is 77.7 Å². The monoisotopic (exact) mass is 496 g/mol. The molecule has 6 N–H and O–H groups in total. The number of hydrogen-bond donors (Lipinski definition) is 5. The van der Waals surface area contributed by atoms with Gasteiger partial charge in [0.05, 0.1) is 4.90 Å². The molecule has 1 unspecified atom stereocenters. The third kappa shape index (κ3) is 6.81. The van der Waals surface area contributed by atoms with E-state index in [1.165, 1.54) is 12.1 Å². The molecule has 3 rings (SSSR count). The minimum atomic E-state index is -3.68. The van der Waals surface area contributed by atoms with Crippen LogP contribution in [0.25, 0.3) is 0 Å². The van der Waals surface area contributed by atoms with Crippen LogP contribution in [0.1, 0.15) is 29.7 Å². The Hall–Kier alpha value is -3.89. The average Bonchev–Trinajstić information content (AvgIpc) is 2.86. The van der Waals surface area contributed by atoms with Crippen LogP contribution in [0.2, 0.25) is 0 Å². The molecule has 0 spiro atoms. The summed E-state index contributed by atoms with van der Waals surface area (Å²) in [5.74, 6) is -0.856. The predicted octanol–water partition coefficient (Wildman–Crippen LogP) is 3.13. The number of amidine groups is 1. The van der Waals surface area contributed by atoms with Crippen molar-refractivity contribution in [2.75, 3.05) is 18.5 Å². The normalized spacial score (nSPS) is 12.0. The van der Waals surface area contributed by atoms with Crippen LogP contribution in [-0.4, -0.2) is 38.5 Å². The molecular weight excluding hydrogens is 468 g/mol. The summed E-state index contributed by atoms with van der Waals surface area (Å²) in [6, 6.07) is 18.7. The summed E-state index contributed by atoms with van der Waals surface area (Å²) < 4.78 is 33.1. The topological polar surface area (TPSA) is 155 Å². The highest BCUT2D eigenvalue weighted by Gasteiger charge is 2.24. The van der Waals surface area contributed by atoms with Gasteiger partial charge in [-0.1, -0.05) is 31.2 Å². The van der Waals surface area contributed by atoms with Gasteiger partial charge in [0, 0.05) is 23.4 Å². The highest BCUT2D eigenvalue weighted by Crippen LogP contribution is 2.30. The summed E-state index contributed by atoms with van der Waals surface area (Å²) in [5.41, 5.74) is 7.89. The summed E-state index contributed by atoms with van der Waals surface area (Å²) in [6.07, 6.45) is 0.698. The lowest BCUT2D eigenvalue weighted by Gasteiger charge is -2.21. The van der Waals surface area contributed by atoms with Gasteiger partial charge >= 0.3 is 5.97 Å². The van der Waals surface area contributed by atoms with Gasteiger partial charge in [-0.15, -0.1) is 0 Å². The fraction of sp³-hybridized carbons (Fsp3) is 0.200. The number of sulfonamides is 1. The van der Waals surface area contributed by atoms with Crippen LogP contribution in [0.3, 0.4) is 0 Å². The number of aliphatic carboxylic acids is 1. The van der Waals surface area contributed by atoms with E-state index in [9.17, 15) is 18.3 Å². The van der Waals surface area contributed by atoms with Crippen molar-refractivity contribution in [1.29, 1.82) is 5.41 Å². The van der Waals surface area contributed by atoms with Gasteiger partial charge in [0.1, 0.15) is 18.2 Å². The molecule has 35 heavy (non-hydrogen) atoms. The van der Waals surface area contributed by atoms with Crippen LogP contribution in [0.5, 0.6) is 5.75 Å². The van der Waals surface area contributed by atoms with Crippen molar-refractivity contribution in [3.05, 3.63) is 89.5 Å². The van der Waals surface area contributed by atoms with Crippen molar-refractivity contribution in [2.24, 2.45) is 5.73 Å². The Labute approximate surface area is 204 Å². The Kier molecular flexibility index (Phi) is 8.45. The van der Waals surface area contributed by atoms with Gasteiger partial charge in [0.15, 0.2) is 6.04 Å². The molecule has 0 saturated heterocycles. The Morgan fingerprint density at radius 1 is 1.09 bits per heavy atom. The third-order valence-corrected chi connectivity index (χ3v) is 6.73. The molecule has 3 aromatic rings. The molecule has 0 bridgehead atoms. The lowest BCUT2D eigenvalue weighted by atomic mass is 10.0. The molecule has 0 aromatic heterocycles. The standard InChI is InChI=1S/C25H28N4O5S/c1-2-17-8-13-22(34-15-14-28-35(32,33)20-6-4-3-5-7-20)21(16-17)23(25(30)31)29-19-11-9-18(10-12-19)24(26)27/h3-13,16,23,28-29H,2,14-15H2,1H3,(H3,26,27)(H,30,31). The SMILES string of the molecule is CCc1ccc(OCCNS(=O)(=O)c2ccccc2)c(C(Nc2ccc(C(=N)N)cc2)C(=O)O)c1. The van der Waals surface area contributed by atoms with E-state index in [1.807, 2.05) is 13.0 Å². The number of carboxylic acids is 1. The second kappa shape index (κ2) is 11.5. The maximum atomic E-state index is 12.4. The molecule has 0 saturated carbocycles. The van der Waals surface area contributed by atoms with Crippen LogP contribution in [0.4, 0.5) is 5.69 Å². The fourth-order valence-corrected chi connectivity index (χ4v) is 4.41. The number of carbonyl (C=O) groups is 1. The zero-order valence-electron chi connectivity index (χ0n) is 19.2. The summed E-state index contributed by atoms with van der Waals surface area (Å²) in [5, 5.41) is 20.4. The number of anilines is 1. The Bertz CT molecular complexity index is 1280. The van der Waals surface area contributed by atoms with Crippen molar-refractivity contribution in [1.82, 2.24) is 4.72 Å². The Morgan fingerprint density at radius 3 is 2.37 bits per heavy atom. The molecule has 1 atom stereocenters. The largest absolute Gasteiger partial charge is 0.492 e. The number of aryl methyl sites for hydroxylation is 1. The molecule has 0 radical (unpaired) electrons. The van der Waals surface area contributed by atoms with Crippen molar-refractivity contribution in [3.8, 4) is 5.75 Å². The zero-order chi connectivity index (χ0) is 25.4. The summed E-state index contributed by atoms with van der Waals surface area (Å²) in [7, 11) is -3.68. The van der Waals surface area contributed by atoms with E-state index in [4.69, 9.17) is 15.9 Å². The van der Waals surface area contributed by atoms with E-state index in [0.717, 1.165) is 5.56 Å². The second-order valence-electron chi connectivity index (χ2n) is 7.69. The van der Waals surface area contributed by atoms with Crippen molar-refractivity contribution in [3.63, 3.8) is 0 Å². The van der Waals surface area contributed by atoms with E-state index in [2.05, 4.69) is 10.0 Å². The van der Waals surface area contributed by atoms with Crippen molar-refractivity contribution in [2.45, 2.75) is 24.3 Å². The number of hydrogen-bond acceptors (Lipinski definition) is 6. The van der Waals surface area contributed by atoms with Crippen molar-refractivity contribution < 1.29 is 23.1 Å². The zero-order valence-corrected chi connectivity index (χ0v) is 20.0. The van der Waals surface area contributed by atoms with E-state index in [-0.39, 0.29) is 23.9 Å². The Morgan fingerprint density at radius 2 is 1.77 bits per heavy atom. The van der Waals surface area contributed by atoms with Crippen LogP contribution >= 0.6 is 0 Å². The number of benzene rings is 3. The fourth-order valence-electron chi connectivity index (χ4n) is 3.38. The van der Waals surface area contributed by atoms with Crippen LogP contribution in [0, 0.1) is 5.41 Å². The molecule has 10 heteroatoms.